The quantitative estimate of drug-likeness (QED) is 0.536. The summed E-state index contributed by atoms with van der Waals surface area (Å²) in [5, 5.41) is 3.50. The van der Waals surface area contributed by atoms with Gasteiger partial charge in [-0.2, -0.15) is 0 Å². The van der Waals surface area contributed by atoms with Crippen molar-refractivity contribution in [3.63, 3.8) is 0 Å². The van der Waals surface area contributed by atoms with Crippen LogP contribution in [0.4, 0.5) is 5.13 Å². The molecule has 1 N–H and O–H groups in total. The summed E-state index contributed by atoms with van der Waals surface area (Å²) in [4.78, 5) is 31.7. The van der Waals surface area contributed by atoms with Gasteiger partial charge in [-0.3, -0.25) is 14.5 Å². The summed E-state index contributed by atoms with van der Waals surface area (Å²) in [5.41, 5.74) is 1.44. The summed E-state index contributed by atoms with van der Waals surface area (Å²) in [5.74, 6) is -0.262. The van der Waals surface area contributed by atoms with Gasteiger partial charge in [0.1, 0.15) is 0 Å². The number of para-hydroxylation sites is 1. The number of aromatic nitrogens is 1. The lowest BCUT2D eigenvalue weighted by atomic mass is 10.2. The minimum Gasteiger partial charge on any atom is -0.376 e. The summed E-state index contributed by atoms with van der Waals surface area (Å²) in [6.45, 7) is 1.48. The SMILES string of the molecule is O=C(NCCC(=O)N(CC1CCCO1)c1nc2ccccc2s1)c1ccc(Br)cc1. The summed E-state index contributed by atoms with van der Waals surface area (Å²) in [7, 11) is 0. The number of carbonyl (C=O) groups is 2. The highest BCUT2D eigenvalue weighted by molar-refractivity contribution is 9.10. The van der Waals surface area contributed by atoms with Crippen LogP contribution in [-0.4, -0.2) is 42.6 Å². The molecule has 4 rings (SSSR count). The van der Waals surface area contributed by atoms with E-state index in [0.717, 1.165) is 34.1 Å². The Bertz CT molecular complexity index is 999. The zero-order valence-electron chi connectivity index (χ0n) is 16.3. The average molecular weight is 488 g/mol. The van der Waals surface area contributed by atoms with E-state index in [9.17, 15) is 9.59 Å². The number of hydrogen-bond acceptors (Lipinski definition) is 5. The number of benzene rings is 2. The van der Waals surface area contributed by atoms with Crippen LogP contribution in [0, 0.1) is 0 Å². The molecule has 1 atom stereocenters. The number of fused-ring (bicyclic) bond motifs is 1. The summed E-state index contributed by atoms with van der Waals surface area (Å²) >= 11 is 4.86. The second-order valence-electron chi connectivity index (χ2n) is 7.12. The zero-order valence-corrected chi connectivity index (χ0v) is 18.7. The molecule has 1 fully saturated rings. The van der Waals surface area contributed by atoms with Gasteiger partial charge in [0.15, 0.2) is 5.13 Å². The normalized spacial score (nSPS) is 16.0. The standard InChI is InChI=1S/C22H22BrN3O3S/c23-16-9-7-15(8-10-16)21(28)24-12-11-20(27)26(14-17-4-3-13-29-17)22-25-18-5-1-2-6-19(18)30-22/h1-2,5-10,17H,3-4,11-14H2,(H,24,28). The molecule has 1 saturated heterocycles. The Labute approximate surface area is 187 Å². The highest BCUT2D eigenvalue weighted by Gasteiger charge is 2.26. The van der Waals surface area contributed by atoms with Crippen molar-refractivity contribution < 1.29 is 14.3 Å². The molecule has 6 nitrogen and oxygen atoms in total. The molecule has 0 radical (unpaired) electrons. The van der Waals surface area contributed by atoms with E-state index in [-0.39, 0.29) is 30.9 Å². The Morgan fingerprint density at radius 2 is 2.00 bits per heavy atom. The minimum absolute atomic E-state index is 0.0262. The van der Waals surface area contributed by atoms with Gasteiger partial charge in [0.25, 0.3) is 5.91 Å². The predicted molar refractivity (Wildman–Crippen MR) is 122 cm³/mol. The molecule has 0 saturated carbocycles. The maximum atomic E-state index is 13.1. The van der Waals surface area contributed by atoms with Crippen molar-refractivity contribution in [1.29, 1.82) is 0 Å². The zero-order chi connectivity index (χ0) is 20.9. The fourth-order valence-corrected chi connectivity index (χ4v) is 4.63. The third kappa shape index (κ3) is 5.06. The van der Waals surface area contributed by atoms with Crippen LogP contribution in [0.5, 0.6) is 0 Å². The van der Waals surface area contributed by atoms with Gasteiger partial charge in [0, 0.05) is 29.6 Å². The van der Waals surface area contributed by atoms with E-state index in [4.69, 9.17) is 4.74 Å². The largest absolute Gasteiger partial charge is 0.376 e. The molecule has 2 heterocycles. The Balaban J connectivity index is 1.42. The van der Waals surface area contributed by atoms with Crippen LogP contribution in [0.15, 0.2) is 53.0 Å². The number of halogens is 1. The Morgan fingerprint density at radius 1 is 1.20 bits per heavy atom. The molecule has 0 aliphatic carbocycles. The molecule has 1 aliphatic rings. The number of carbonyl (C=O) groups excluding carboxylic acids is 2. The lowest BCUT2D eigenvalue weighted by molar-refractivity contribution is -0.118. The minimum atomic E-state index is -0.194. The van der Waals surface area contributed by atoms with Crippen LogP contribution in [-0.2, 0) is 9.53 Å². The second-order valence-corrected chi connectivity index (χ2v) is 9.04. The molecule has 156 valence electrons. The van der Waals surface area contributed by atoms with Crippen molar-refractivity contribution in [2.24, 2.45) is 0 Å². The number of ether oxygens (including phenoxy) is 1. The van der Waals surface area contributed by atoms with Gasteiger partial charge in [-0.05, 0) is 49.2 Å². The van der Waals surface area contributed by atoms with Crippen molar-refractivity contribution in [3.05, 3.63) is 58.6 Å². The average Bonchev–Trinajstić information content (AvgIpc) is 3.41. The Kier molecular flexibility index (Phi) is 6.76. The van der Waals surface area contributed by atoms with Gasteiger partial charge in [-0.25, -0.2) is 4.98 Å². The first-order valence-electron chi connectivity index (χ1n) is 9.91. The highest BCUT2D eigenvalue weighted by Crippen LogP contribution is 2.30. The van der Waals surface area contributed by atoms with E-state index in [0.29, 0.717) is 17.2 Å². The fraction of sp³-hybridized carbons (Fsp3) is 0.318. The molecular weight excluding hydrogens is 466 g/mol. The molecule has 1 aliphatic heterocycles. The third-order valence-corrected chi connectivity index (χ3v) is 6.54. The van der Waals surface area contributed by atoms with Crippen molar-refractivity contribution in [1.82, 2.24) is 10.3 Å². The van der Waals surface area contributed by atoms with Crippen LogP contribution in [0.2, 0.25) is 0 Å². The van der Waals surface area contributed by atoms with Crippen molar-refractivity contribution in [2.75, 3.05) is 24.6 Å². The van der Waals surface area contributed by atoms with Crippen molar-refractivity contribution >= 4 is 54.4 Å². The fourth-order valence-electron chi connectivity index (χ4n) is 3.38. The van der Waals surface area contributed by atoms with Gasteiger partial charge < -0.3 is 10.1 Å². The first-order chi connectivity index (χ1) is 14.6. The lowest BCUT2D eigenvalue weighted by Crippen LogP contribution is -2.39. The molecule has 0 spiro atoms. The molecule has 3 aromatic rings. The topological polar surface area (TPSA) is 71.5 Å². The number of nitrogens with one attached hydrogen (secondary N) is 1. The second kappa shape index (κ2) is 9.68. The van der Waals surface area contributed by atoms with Gasteiger partial charge >= 0.3 is 0 Å². The molecule has 2 aromatic carbocycles. The molecule has 1 aromatic heterocycles. The highest BCUT2D eigenvalue weighted by atomic mass is 79.9. The molecule has 1 unspecified atom stereocenters. The van der Waals surface area contributed by atoms with E-state index < -0.39 is 0 Å². The van der Waals surface area contributed by atoms with Crippen LogP contribution in [0.3, 0.4) is 0 Å². The number of thiazole rings is 1. The summed E-state index contributed by atoms with van der Waals surface area (Å²) in [6.07, 6.45) is 2.17. The molecule has 0 bridgehead atoms. The molecule has 2 amide bonds. The van der Waals surface area contributed by atoms with Gasteiger partial charge in [0.05, 0.1) is 22.9 Å². The smallest absolute Gasteiger partial charge is 0.251 e. The molecule has 30 heavy (non-hydrogen) atoms. The van der Waals surface area contributed by atoms with Crippen LogP contribution < -0.4 is 10.2 Å². The van der Waals surface area contributed by atoms with E-state index >= 15 is 0 Å². The lowest BCUT2D eigenvalue weighted by Gasteiger charge is -2.23. The molecular formula is C22H22BrN3O3S. The van der Waals surface area contributed by atoms with Crippen LogP contribution >= 0.6 is 27.3 Å². The van der Waals surface area contributed by atoms with Crippen LogP contribution in [0.25, 0.3) is 10.2 Å². The molecule has 8 heteroatoms. The Hall–Kier alpha value is -2.29. The number of nitrogens with zero attached hydrogens (tertiary/aromatic N) is 2. The van der Waals surface area contributed by atoms with E-state index in [2.05, 4.69) is 26.2 Å². The van der Waals surface area contributed by atoms with Gasteiger partial charge in [0.2, 0.25) is 5.91 Å². The number of anilines is 1. The van der Waals surface area contributed by atoms with Crippen molar-refractivity contribution in [3.8, 4) is 0 Å². The number of rotatable bonds is 7. The summed E-state index contributed by atoms with van der Waals surface area (Å²) in [6, 6.07) is 15.0. The predicted octanol–water partition coefficient (Wildman–Crippen LogP) is 4.39. The number of amides is 2. The Morgan fingerprint density at radius 3 is 2.73 bits per heavy atom. The summed E-state index contributed by atoms with van der Waals surface area (Å²) < 4.78 is 7.70. The number of hydrogen-bond donors (Lipinski definition) is 1. The monoisotopic (exact) mass is 487 g/mol. The first kappa shape index (κ1) is 21.0. The van der Waals surface area contributed by atoms with Crippen molar-refractivity contribution in [2.45, 2.75) is 25.4 Å². The van der Waals surface area contributed by atoms with Crippen LogP contribution in [0.1, 0.15) is 29.6 Å². The maximum absolute atomic E-state index is 13.1. The third-order valence-electron chi connectivity index (χ3n) is 4.96. The van der Waals surface area contributed by atoms with E-state index in [1.165, 1.54) is 11.3 Å². The van der Waals surface area contributed by atoms with E-state index in [1.54, 1.807) is 17.0 Å². The van der Waals surface area contributed by atoms with Gasteiger partial charge in [-0.1, -0.05) is 39.4 Å². The maximum Gasteiger partial charge on any atom is 0.251 e. The van der Waals surface area contributed by atoms with E-state index in [1.807, 2.05) is 36.4 Å². The first-order valence-corrected chi connectivity index (χ1v) is 11.5. The van der Waals surface area contributed by atoms with Gasteiger partial charge in [-0.15, -0.1) is 0 Å².